The molecule has 5 heteroatoms. The Hall–Kier alpha value is -0.250. The van der Waals surface area contributed by atoms with Gasteiger partial charge >= 0.3 is 0 Å². The number of imidazole rings is 1. The third-order valence-electron chi connectivity index (χ3n) is 1.70. The van der Waals surface area contributed by atoms with E-state index < -0.39 is 0 Å². The zero-order valence-electron chi connectivity index (χ0n) is 6.44. The third kappa shape index (κ3) is 1.68. The van der Waals surface area contributed by atoms with Crippen LogP contribution in [-0.4, -0.2) is 9.97 Å². The first-order valence-electron chi connectivity index (χ1n) is 3.60. The van der Waals surface area contributed by atoms with Crippen molar-refractivity contribution in [2.75, 3.05) is 0 Å². The van der Waals surface area contributed by atoms with Gasteiger partial charge in [-0.1, -0.05) is 39.1 Å². The average Bonchev–Trinajstić information content (AvgIpc) is 2.48. The fourth-order valence-electron chi connectivity index (χ4n) is 1.12. The molecule has 2 aromatic rings. The van der Waals surface area contributed by atoms with Crippen molar-refractivity contribution in [3.63, 3.8) is 0 Å². The van der Waals surface area contributed by atoms with E-state index in [0.29, 0.717) is 15.4 Å². The Kier molecular flexibility index (Phi) is 2.49. The van der Waals surface area contributed by atoms with E-state index in [1.807, 2.05) is 0 Å². The topological polar surface area (TPSA) is 28.7 Å². The van der Waals surface area contributed by atoms with Crippen LogP contribution >= 0.6 is 39.1 Å². The molecule has 0 aliphatic heterocycles. The van der Waals surface area contributed by atoms with Gasteiger partial charge in [0, 0.05) is 0 Å². The molecule has 1 heterocycles. The van der Waals surface area contributed by atoms with Crippen molar-refractivity contribution in [1.29, 1.82) is 0 Å². The van der Waals surface area contributed by atoms with Gasteiger partial charge in [0.05, 0.1) is 26.4 Å². The molecular weight excluding hydrogens is 275 g/mol. The number of nitrogens with one attached hydrogen (secondary N) is 1. The van der Waals surface area contributed by atoms with E-state index in [2.05, 4.69) is 25.9 Å². The second-order valence-electron chi connectivity index (χ2n) is 2.60. The van der Waals surface area contributed by atoms with Crippen LogP contribution in [0.4, 0.5) is 0 Å². The van der Waals surface area contributed by atoms with Gasteiger partial charge in [-0.2, -0.15) is 0 Å². The summed E-state index contributed by atoms with van der Waals surface area (Å²) in [6, 6.07) is 3.53. The molecule has 0 aliphatic rings. The number of hydrogen-bond donors (Lipinski definition) is 1. The summed E-state index contributed by atoms with van der Waals surface area (Å²) in [5.74, 6) is 0.869. The Labute approximate surface area is 93.4 Å². The van der Waals surface area contributed by atoms with Crippen molar-refractivity contribution < 1.29 is 0 Å². The molecule has 68 valence electrons. The van der Waals surface area contributed by atoms with Crippen molar-refractivity contribution in [3.05, 3.63) is 28.0 Å². The highest BCUT2D eigenvalue weighted by atomic mass is 79.9. The minimum atomic E-state index is 0.529. The molecule has 0 fully saturated rings. The second-order valence-corrected chi connectivity index (χ2v) is 3.98. The Morgan fingerprint density at radius 3 is 2.69 bits per heavy atom. The average molecular weight is 280 g/mol. The van der Waals surface area contributed by atoms with Crippen LogP contribution in [0.2, 0.25) is 10.0 Å². The van der Waals surface area contributed by atoms with E-state index in [-0.39, 0.29) is 0 Å². The molecule has 0 amide bonds. The summed E-state index contributed by atoms with van der Waals surface area (Å²) < 4.78 is 0. The predicted molar refractivity (Wildman–Crippen MR) is 58.7 cm³/mol. The minimum Gasteiger partial charge on any atom is -0.341 e. The zero-order valence-corrected chi connectivity index (χ0v) is 9.54. The summed E-state index contributed by atoms with van der Waals surface area (Å²) in [6.45, 7) is 0. The zero-order chi connectivity index (χ0) is 9.42. The molecule has 1 aromatic carbocycles. The quantitative estimate of drug-likeness (QED) is 0.791. The highest BCUT2D eigenvalue weighted by Gasteiger charge is 2.05. The lowest BCUT2D eigenvalue weighted by atomic mass is 10.3. The molecular formula is C8H5BrCl2N2. The molecule has 2 rings (SSSR count). The molecule has 13 heavy (non-hydrogen) atoms. The van der Waals surface area contributed by atoms with E-state index in [0.717, 1.165) is 16.9 Å². The Bertz CT molecular complexity index is 414. The molecule has 0 bridgehead atoms. The molecule has 1 aromatic heterocycles. The van der Waals surface area contributed by atoms with Gasteiger partial charge in [-0.15, -0.1) is 0 Å². The van der Waals surface area contributed by atoms with Crippen molar-refractivity contribution in [3.8, 4) is 0 Å². The van der Waals surface area contributed by atoms with Gasteiger partial charge in [0.1, 0.15) is 5.82 Å². The van der Waals surface area contributed by atoms with Gasteiger partial charge in [-0.25, -0.2) is 4.98 Å². The van der Waals surface area contributed by atoms with Crippen LogP contribution in [0.1, 0.15) is 5.82 Å². The number of fused-ring (bicyclic) bond motifs is 1. The molecule has 0 unspecified atom stereocenters. The Balaban J connectivity index is 2.70. The SMILES string of the molecule is Clc1cc2nc(CBr)[nH]c2cc1Cl. The second kappa shape index (κ2) is 3.48. The van der Waals surface area contributed by atoms with E-state index in [1.165, 1.54) is 0 Å². The molecule has 0 aliphatic carbocycles. The lowest BCUT2D eigenvalue weighted by Gasteiger charge is -1.93. The largest absolute Gasteiger partial charge is 0.341 e. The summed E-state index contributed by atoms with van der Waals surface area (Å²) in [5, 5.41) is 1.76. The summed E-state index contributed by atoms with van der Waals surface area (Å²) in [7, 11) is 0. The fraction of sp³-hybridized carbons (Fsp3) is 0.125. The molecule has 1 N–H and O–H groups in total. The highest BCUT2D eigenvalue weighted by molar-refractivity contribution is 9.08. The van der Waals surface area contributed by atoms with E-state index in [4.69, 9.17) is 23.2 Å². The number of nitrogens with zero attached hydrogens (tertiary/aromatic N) is 1. The van der Waals surface area contributed by atoms with Crippen molar-refractivity contribution in [2.45, 2.75) is 5.33 Å². The molecule has 0 radical (unpaired) electrons. The summed E-state index contributed by atoms with van der Waals surface area (Å²) in [4.78, 5) is 7.40. The van der Waals surface area contributed by atoms with Crippen molar-refractivity contribution in [1.82, 2.24) is 9.97 Å². The van der Waals surface area contributed by atoms with Crippen molar-refractivity contribution in [2.24, 2.45) is 0 Å². The first-order chi connectivity index (χ1) is 6.20. The summed E-state index contributed by atoms with van der Waals surface area (Å²) in [6.07, 6.45) is 0. The predicted octanol–water partition coefficient (Wildman–Crippen LogP) is 3.76. The summed E-state index contributed by atoms with van der Waals surface area (Å²) in [5.41, 5.74) is 1.74. The van der Waals surface area contributed by atoms with Gasteiger partial charge in [-0.3, -0.25) is 0 Å². The minimum absolute atomic E-state index is 0.529. The summed E-state index contributed by atoms with van der Waals surface area (Å²) >= 11 is 15.0. The van der Waals surface area contributed by atoms with Gasteiger partial charge in [0.25, 0.3) is 0 Å². The number of H-pyrrole nitrogens is 1. The van der Waals surface area contributed by atoms with Crippen LogP contribution < -0.4 is 0 Å². The van der Waals surface area contributed by atoms with E-state index in [1.54, 1.807) is 12.1 Å². The smallest absolute Gasteiger partial charge is 0.117 e. The number of aromatic amines is 1. The Morgan fingerprint density at radius 2 is 2.00 bits per heavy atom. The lowest BCUT2D eigenvalue weighted by molar-refractivity contribution is 1.15. The fourth-order valence-corrected chi connectivity index (χ4v) is 1.71. The third-order valence-corrected chi connectivity index (χ3v) is 2.95. The monoisotopic (exact) mass is 278 g/mol. The maximum absolute atomic E-state index is 5.85. The Morgan fingerprint density at radius 1 is 1.31 bits per heavy atom. The number of alkyl halides is 1. The van der Waals surface area contributed by atoms with Gasteiger partial charge in [0.2, 0.25) is 0 Å². The van der Waals surface area contributed by atoms with Crippen LogP contribution in [-0.2, 0) is 5.33 Å². The highest BCUT2D eigenvalue weighted by Crippen LogP contribution is 2.26. The first-order valence-corrected chi connectivity index (χ1v) is 5.48. The van der Waals surface area contributed by atoms with Gasteiger partial charge in [-0.05, 0) is 12.1 Å². The normalized spacial score (nSPS) is 11.0. The first kappa shape index (κ1) is 9.31. The van der Waals surface area contributed by atoms with Crippen LogP contribution in [0.25, 0.3) is 11.0 Å². The number of aromatic nitrogens is 2. The van der Waals surface area contributed by atoms with Crippen LogP contribution in [0.5, 0.6) is 0 Å². The van der Waals surface area contributed by atoms with Crippen LogP contribution in [0.3, 0.4) is 0 Å². The molecule has 0 spiro atoms. The number of halogens is 3. The standard InChI is InChI=1S/C8H5BrCl2N2/c9-3-8-12-6-1-4(10)5(11)2-7(6)13-8/h1-2H,3H2,(H,12,13). The van der Waals surface area contributed by atoms with Gasteiger partial charge < -0.3 is 4.98 Å². The molecule has 2 nitrogen and oxygen atoms in total. The van der Waals surface area contributed by atoms with E-state index in [9.17, 15) is 0 Å². The molecule has 0 atom stereocenters. The van der Waals surface area contributed by atoms with Crippen LogP contribution in [0, 0.1) is 0 Å². The van der Waals surface area contributed by atoms with Crippen LogP contribution in [0.15, 0.2) is 12.1 Å². The number of rotatable bonds is 1. The molecule has 0 saturated heterocycles. The van der Waals surface area contributed by atoms with Gasteiger partial charge in [0.15, 0.2) is 0 Å². The van der Waals surface area contributed by atoms with Crippen molar-refractivity contribution >= 4 is 50.2 Å². The molecule has 0 saturated carbocycles. The number of benzene rings is 1. The number of hydrogen-bond acceptors (Lipinski definition) is 1. The van der Waals surface area contributed by atoms with E-state index >= 15 is 0 Å². The lowest BCUT2D eigenvalue weighted by Crippen LogP contribution is -1.76. The maximum Gasteiger partial charge on any atom is 0.117 e. The maximum atomic E-state index is 5.85.